The van der Waals surface area contributed by atoms with Crippen molar-refractivity contribution in [2.24, 2.45) is 5.73 Å². The first kappa shape index (κ1) is 7.27. The number of furan rings is 1. The lowest BCUT2D eigenvalue weighted by atomic mass is 10.4. The monoisotopic (exact) mass is 143 g/mol. The molecule has 4 nitrogen and oxygen atoms in total. The zero-order valence-corrected chi connectivity index (χ0v) is 5.32. The van der Waals surface area contributed by atoms with Gasteiger partial charge in [0.25, 0.3) is 0 Å². The summed E-state index contributed by atoms with van der Waals surface area (Å²) in [7, 11) is 0. The molecule has 4 N–H and O–H groups in total. The van der Waals surface area contributed by atoms with Gasteiger partial charge in [0.2, 0.25) is 0 Å². The van der Waals surface area contributed by atoms with Crippen molar-refractivity contribution in [3.63, 3.8) is 0 Å². The van der Waals surface area contributed by atoms with Crippen LogP contribution in [0.3, 0.4) is 0 Å². The van der Waals surface area contributed by atoms with Gasteiger partial charge in [0.15, 0.2) is 6.23 Å². The molecule has 56 valence electrons. The highest BCUT2D eigenvalue weighted by molar-refractivity contribution is 5.07. The van der Waals surface area contributed by atoms with Gasteiger partial charge in [-0.2, -0.15) is 0 Å². The molecule has 10 heavy (non-hydrogen) atoms. The molecule has 1 atom stereocenters. The molecule has 0 fully saturated rings. The fourth-order valence-electron chi connectivity index (χ4n) is 0.638. The Bertz CT molecular complexity index is 207. The topological polar surface area (TPSA) is 79.6 Å². The summed E-state index contributed by atoms with van der Waals surface area (Å²) in [6.45, 7) is -0.174. The molecular weight excluding hydrogens is 134 g/mol. The quantitative estimate of drug-likeness (QED) is 0.497. The average Bonchev–Trinajstić information content (AvgIpc) is 2.34. The van der Waals surface area contributed by atoms with Gasteiger partial charge >= 0.3 is 0 Å². The van der Waals surface area contributed by atoms with E-state index in [0.29, 0.717) is 5.76 Å². The Hall–Kier alpha value is -0.840. The van der Waals surface area contributed by atoms with Gasteiger partial charge in [0.1, 0.15) is 18.1 Å². The smallest absolute Gasteiger partial charge is 0.161 e. The standard InChI is InChI=1S/C6H9NO3/c7-6(9)5-2-1-4(3-8)10-5/h1-2,6,8-9H,3,7H2. The second-order valence-electron chi connectivity index (χ2n) is 1.91. The van der Waals surface area contributed by atoms with Crippen LogP contribution in [0.2, 0.25) is 0 Å². The Balaban J connectivity index is 2.78. The van der Waals surface area contributed by atoms with Crippen LogP contribution in [0.25, 0.3) is 0 Å². The normalized spacial score (nSPS) is 13.5. The van der Waals surface area contributed by atoms with Crippen LogP contribution in [-0.4, -0.2) is 10.2 Å². The highest BCUT2D eigenvalue weighted by atomic mass is 16.4. The van der Waals surface area contributed by atoms with E-state index in [9.17, 15) is 0 Å². The van der Waals surface area contributed by atoms with Crippen LogP contribution in [0.1, 0.15) is 17.7 Å². The highest BCUT2D eigenvalue weighted by Crippen LogP contribution is 2.11. The summed E-state index contributed by atoms with van der Waals surface area (Å²) in [5.41, 5.74) is 5.06. The molecule has 1 rings (SSSR count). The van der Waals surface area contributed by atoms with E-state index in [4.69, 9.17) is 20.4 Å². The maximum atomic E-state index is 8.73. The van der Waals surface area contributed by atoms with E-state index < -0.39 is 6.23 Å². The molecule has 1 aromatic heterocycles. The fraction of sp³-hybridized carbons (Fsp3) is 0.333. The number of hydrogen-bond acceptors (Lipinski definition) is 4. The second-order valence-corrected chi connectivity index (χ2v) is 1.91. The summed E-state index contributed by atoms with van der Waals surface area (Å²) in [6, 6.07) is 3.08. The van der Waals surface area contributed by atoms with Gasteiger partial charge in [-0.25, -0.2) is 0 Å². The molecule has 1 aromatic rings. The van der Waals surface area contributed by atoms with Crippen LogP contribution in [-0.2, 0) is 6.61 Å². The van der Waals surface area contributed by atoms with Crippen LogP contribution in [0.5, 0.6) is 0 Å². The maximum absolute atomic E-state index is 8.73. The lowest BCUT2D eigenvalue weighted by Gasteiger charge is -1.96. The van der Waals surface area contributed by atoms with Crippen LogP contribution in [0.15, 0.2) is 16.5 Å². The van der Waals surface area contributed by atoms with E-state index in [-0.39, 0.29) is 12.4 Å². The molecule has 1 heterocycles. The number of rotatable bonds is 2. The van der Waals surface area contributed by atoms with Gasteiger partial charge in [0.05, 0.1) is 0 Å². The van der Waals surface area contributed by atoms with E-state index in [1.54, 1.807) is 6.07 Å². The summed E-state index contributed by atoms with van der Waals surface area (Å²) in [4.78, 5) is 0. The van der Waals surface area contributed by atoms with Crippen LogP contribution in [0.4, 0.5) is 0 Å². The van der Waals surface area contributed by atoms with Crippen molar-refractivity contribution in [1.82, 2.24) is 0 Å². The molecule has 0 radical (unpaired) electrons. The molecule has 1 unspecified atom stereocenters. The first-order valence-corrected chi connectivity index (χ1v) is 2.87. The summed E-state index contributed by atoms with van der Waals surface area (Å²) in [6.07, 6.45) is -1.10. The third kappa shape index (κ3) is 1.36. The second kappa shape index (κ2) is 2.83. The Labute approximate surface area is 57.9 Å². The molecule has 0 amide bonds. The minimum atomic E-state index is -1.10. The van der Waals surface area contributed by atoms with E-state index in [2.05, 4.69) is 0 Å². The Morgan fingerprint density at radius 2 is 2.30 bits per heavy atom. The van der Waals surface area contributed by atoms with Gasteiger partial charge in [0, 0.05) is 0 Å². The molecule has 0 aliphatic carbocycles. The summed E-state index contributed by atoms with van der Waals surface area (Å²) >= 11 is 0. The summed E-state index contributed by atoms with van der Waals surface area (Å²) < 4.78 is 4.87. The number of aliphatic hydroxyl groups is 2. The van der Waals surface area contributed by atoms with Gasteiger partial charge in [-0.15, -0.1) is 0 Å². The van der Waals surface area contributed by atoms with Crippen LogP contribution < -0.4 is 5.73 Å². The maximum Gasteiger partial charge on any atom is 0.161 e. The predicted octanol–water partition coefficient (Wildman–Crippen LogP) is -0.278. The molecule has 0 aliphatic rings. The van der Waals surface area contributed by atoms with Crippen LogP contribution in [0, 0.1) is 0 Å². The van der Waals surface area contributed by atoms with E-state index in [0.717, 1.165) is 0 Å². The highest BCUT2D eigenvalue weighted by Gasteiger charge is 2.05. The Morgan fingerprint density at radius 1 is 1.60 bits per heavy atom. The zero-order valence-electron chi connectivity index (χ0n) is 5.32. The third-order valence-corrected chi connectivity index (χ3v) is 1.13. The van der Waals surface area contributed by atoms with Crippen molar-refractivity contribution < 1.29 is 14.6 Å². The predicted molar refractivity (Wildman–Crippen MR) is 33.8 cm³/mol. The van der Waals surface area contributed by atoms with Gasteiger partial charge in [-0.05, 0) is 12.1 Å². The van der Waals surface area contributed by atoms with Gasteiger partial charge < -0.3 is 14.6 Å². The SMILES string of the molecule is NC(O)c1ccc(CO)o1. The Morgan fingerprint density at radius 3 is 2.60 bits per heavy atom. The van der Waals surface area contributed by atoms with Crippen molar-refractivity contribution in [1.29, 1.82) is 0 Å². The molecule has 0 bridgehead atoms. The van der Waals surface area contributed by atoms with Crippen molar-refractivity contribution >= 4 is 0 Å². The molecule has 0 spiro atoms. The summed E-state index contributed by atoms with van der Waals surface area (Å²) in [5.74, 6) is 0.670. The minimum absolute atomic E-state index is 0.174. The first-order valence-electron chi connectivity index (χ1n) is 2.87. The van der Waals surface area contributed by atoms with Crippen molar-refractivity contribution in [3.8, 4) is 0 Å². The Kier molecular flexibility index (Phi) is 2.06. The molecule has 0 saturated heterocycles. The van der Waals surface area contributed by atoms with Gasteiger partial charge in [-0.1, -0.05) is 0 Å². The molecule has 0 aromatic carbocycles. The van der Waals surface area contributed by atoms with E-state index in [1.807, 2.05) is 0 Å². The molecular formula is C6H9NO3. The van der Waals surface area contributed by atoms with E-state index in [1.165, 1.54) is 6.07 Å². The lowest BCUT2D eigenvalue weighted by molar-refractivity contribution is 0.149. The van der Waals surface area contributed by atoms with Crippen molar-refractivity contribution in [2.45, 2.75) is 12.8 Å². The average molecular weight is 143 g/mol. The first-order chi connectivity index (χ1) is 4.74. The molecule has 0 aliphatic heterocycles. The number of aliphatic hydroxyl groups excluding tert-OH is 2. The molecule has 0 saturated carbocycles. The van der Waals surface area contributed by atoms with Crippen LogP contribution >= 0.6 is 0 Å². The molecule has 4 heteroatoms. The van der Waals surface area contributed by atoms with Crippen molar-refractivity contribution in [2.75, 3.05) is 0 Å². The van der Waals surface area contributed by atoms with Gasteiger partial charge in [-0.3, -0.25) is 5.73 Å². The number of hydrogen-bond donors (Lipinski definition) is 3. The summed E-state index contributed by atoms with van der Waals surface area (Å²) in [5, 5.41) is 17.3. The fourth-order valence-corrected chi connectivity index (χ4v) is 0.638. The van der Waals surface area contributed by atoms with E-state index >= 15 is 0 Å². The van der Waals surface area contributed by atoms with Crippen molar-refractivity contribution in [3.05, 3.63) is 23.7 Å². The largest absolute Gasteiger partial charge is 0.459 e. The zero-order chi connectivity index (χ0) is 7.56. The lowest BCUT2D eigenvalue weighted by Crippen LogP contribution is -2.06. The number of nitrogens with two attached hydrogens (primary N) is 1. The third-order valence-electron chi connectivity index (χ3n) is 1.13. The minimum Gasteiger partial charge on any atom is -0.459 e.